The molecule has 0 aliphatic carbocycles. The number of aromatic hydroxyl groups is 1. The number of rotatable bonds is 10. The van der Waals surface area contributed by atoms with E-state index in [9.17, 15) is 14.7 Å². The Morgan fingerprint density at radius 2 is 1.86 bits per heavy atom. The van der Waals surface area contributed by atoms with Crippen LogP contribution >= 0.6 is 0 Å². The largest absolute Gasteiger partial charge is 0.507 e. The molecule has 0 aliphatic rings. The third-order valence-electron chi connectivity index (χ3n) is 5.92. The van der Waals surface area contributed by atoms with Gasteiger partial charge in [-0.2, -0.15) is 0 Å². The van der Waals surface area contributed by atoms with E-state index in [2.05, 4.69) is 15.3 Å². The van der Waals surface area contributed by atoms with E-state index in [1.54, 1.807) is 48.9 Å². The van der Waals surface area contributed by atoms with Crippen molar-refractivity contribution in [2.45, 2.75) is 18.8 Å². The highest BCUT2D eigenvalue weighted by Crippen LogP contribution is 2.43. The van der Waals surface area contributed by atoms with Gasteiger partial charge in [0.25, 0.3) is 0 Å². The van der Waals surface area contributed by atoms with Crippen molar-refractivity contribution in [3.63, 3.8) is 0 Å². The molecule has 0 aliphatic heterocycles. The van der Waals surface area contributed by atoms with Gasteiger partial charge in [-0.25, -0.2) is 9.78 Å². The molecule has 0 saturated carbocycles. The molecule has 4 rings (SSSR count). The molecule has 2 aromatic carbocycles. The van der Waals surface area contributed by atoms with Gasteiger partial charge < -0.3 is 34.0 Å². The van der Waals surface area contributed by atoms with Crippen LogP contribution in [0.15, 0.2) is 58.1 Å². The zero-order valence-corrected chi connectivity index (χ0v) is 20.2. The summed E-state index contributed by atoms with van der Waals surface area (Å²) in [7, 11) is 4.43. The average molecular weight is 494 g/mol. The van der Waals surface area contributed by atoms with Crippen molar-refractivity contribution in [2.24, 2.45) is 0 Å². The lowest BCUT2D eigenvalue weighted by molar-refractivity contribution is -0.121. The Labute approximate surface area is 206 Å². The first-order chi connectivity index (χ1) is 17.5. The molecule has 0 unspecified atom stereocenters. The highest BCUT2D eigenvalue weighted by Gasteiger charge is 2.29. The van der Waals surface area contributed by atoms with Crippen molar-refractivity contribution in [2.75, 3.05) is 27.9 Å². The number of fused-ring (bicyclic) bond motifs is 1. The molecule has 2 heterocycles. The predicted molar refractivity (Wildman–Crippen MR) is 132 cm³/mol. The summed E-state index contributed by atoms with van der Waals surface area (Å²) in [5, 5.41) is 14.4. The Morgan fingerprint density at radius 3 is 2.50 bits per heavy atom. The number of carbonyl (C=O) groups is 1. The maximum absolute atomic E-state index is 13.1. The zero-order chi connectivity index (χ0) is 25.7. The number of hydrogen-bond acceptors (Lipinski definition) is 8. The van der Waals surface area contributed by atoms with Gasteiger partial charge in [-0.05, 0) is 29.8 Å². The maximum atomic E-state index is 13.1. The summed E-state index contributed by atoms with van der Waals surface area (Å²) in [6.07, 6.45) is 3.67. The number of methoxy groups -OCH3 is 3. The van der Waals surface area contributed by atoms with Crippen molar-refractivity contribution in [3.8, 4) is 23.0 Å². The summed E-state index contributed by atoms with van der Waals surface area (Å²) in [6, 6.07) is 9.97. The normalized spacial score (nSPS) is 11.8. The summed E-state index contributed by atoms with van der Waals surface area (Å²) < 4.78 is 21.8. The third kappa shape index (κ3) is 4.97. The molecule has 36 heavy (non-hydrogen) atoms. The number of amides is 1. The van der Waals surface area contributed by atoms with E-state index >= 15 is 0 Å². The number of aromatic amines is 1. The minimum absolute atomic E-state index is 0.0355. The standard InChI is InChI=1S/C26H27N3O7/c1-33-20-10-15(11-21(34-2)25(20)35-3)18(12-22(30)28-9-8-16-13-27-14-29-16)23-24(31)17-6-4-5-7-19(17)36-26(23)32/h4-7,10-11,13-14,18,31H,8-9,12H2,1-3H3,(H,27,29)(H,28,30)/t18-/m1/s1. The number of para-hydroxylation sites is 1. The molecule has 2 aromatic heterocycles. The number of ether oxygens (including phenoxy) is 3. The predicted octanol–water partition coefficient (Wildman–Crippen LogP) is 3.13. The molecule has 10 nitrogen and oxygen atoms in total. The molecule has 1 atom stereocenters. The monoisotopic (exact) mass is 493 g/mol. The molecule has 188 valence electrons. The van der Waals surface area contributed by atoms with E-state index in [1.807, 2.05) is 0 Å². The molecule has 0 saturated heterocycles. The number of benzene rings is 2. The lowest BCUT2D eigenvalue weighted by Crippen LogP contribution is -2.28. The van der Waals surface area contributed by atoms with Crippen molar-refractivity contribution in [1.29, 1.82) is 0 Å². The van der Waals surface area contributed by atoms with Crippen molar-refractivity contribution in [1.82, 2.24) is 15.3 Å². The van der Waals surface area contributed by atoms with Crippen LogP contribution in [0.2, 0.25) is 0 Å². The zero-order valence-electron chi connectivity index (χ0n) is 20.2. The van der Waals surface area contributed by atoms with Crippen LogP contribution in [0.3, 0.4) is 0 Å². The van der Waals surface area contributed by atoms with E-state index in [0.717, 1.165) is 5.69 Å². The molecule has 0 bridgehead atoms. The lowest BCUT2D eigenvalue weighted by Gasteiger charge is -2.21. The van der Waals surface area contributed by atoms with Gasteiger partial charge >= 0.3 is 5.63 Å². The van der Waals surface area contributed by atoms with Gasteiger partial charge in [-0.3, -0.25) is 4.79 Å². The number of nitrogens with one attached hydrogen (secondary N) is 2. The minimum Gasteiger partial charge on any atom is -0.507 e. The molecule has 3 N–H and O–H groups in total. The van der Waals surface area contributed by atoms with Gasteiger partial charge in [0.2, 0.25) is 11.7 Å². The van der Waals surface area contributed by atoms with E-state index in [4.69, 9.17) is 18.6 Å². The molecule has 0 spiro atoms. The number of nitrogens with zero attached hydrogens (tertiary/aromatic N) is 1. The van der Waals surface area contributed by atoms with Crippen LogP contribution in [0.4, 0.5) is 0 Å². The van der Waals surface area contributed by atoms with Crippen LogP contribution < -0.4 is 25.2 Å². The van der Waals surface area contributed by atoms with Gasteiger partial charge in [0.15, 0.2) is 11.5 Å². The maximum Gasteiger partial charge on any atom is 0.343 e. The first-order valence-corrected chi connectivity index (χ1v) is 11.2. The van der Waals surface area contributed by atoms with Gasteiger partial charge in [-0.1, -0.05) is 12.1 Å². The first-order valence-electron chi connectivity index (χ1n) is 11.2. The first kappa shape index (κ1) is 24.6. The quantitative estimate of drug-likeness (QED) is 0.287. The van der Waals surface area contributed by atoms with E-state index in [0.29, 0.717) is 41.2 Å². The molecule has 0 radical (unpaired) electrons. The second-order valence-electron chi connectivity index (χ2n) is 8.04. The molecule has 0 fully saturated rings. The highest BCUT2D eigenvalue weighted by molar-refractivity contribution is 5.85. The van der Waals surface area contributed by atoms with Gasteiger partial charge in [-0.15, -0.1) is 0 Å². The Morgan fingerprint density at radius 1 is 1.14 bits per heavy atom. The van der Waals surface area contributed by atoms with Crippen LogP contribution in [-0.2, 0) is 11.2 Å². The summed E-state index contributed by atoms with van der Waals surface area (Å²) in [5.41, 5.74) is 0.855. The van der Waals surface area contributed by atoms with Crippen LogP contribution in [0, 0.1) is 0 Å². The topological polar surface area (TPSA) is 136 Å². The highest BCUT2D eigenvalue weighted by atomic mass is 16.5. The summed E-state index contributed by atoms with van der Waals surface area (Å²) in [4.78, 5) is 33.0. The summed E-state index contributed by atoms with van der Waals surface area (Å²) in [5.74, 6) is -0.374. The number of H-pyrrole nitrogens is 1. The Balaban J connectivity index is 1.77. The van der Waals surface area contributed by atoms with Crippen molar-refractivity contribution in [3.05, 3.63) is 76.2 Å². The SMILES string of the molecule is COc1cc([C@@H](CC(=O)NCCc2cnc[nH]2)c2c(O)c3ccccc3oc2=O)cc(OC)c1OC. The average Bonchev–Trinajstić information content (AvgIpc) is 3.40. The van der Waals surface area contributed by atoms with Crippen LogP contribution in [0.5, 0.6) is 23.0 Å². The second kappa shape index (κ2) is 10.9. The van der Waals surface area contributed by atoms with Gasteiger partial charge in [0, 0.05) is 37.2 Å². The minimum atomic E-state index is -0.869. The Hall–Kier alpha value is -4.47. The van der Waals surface area contributed by atoms with Crippen LogP contribution in [-0.4, -0.2) is 48.9 Å². The van der Waals surface area contributed by atoms with E-state index in [1.165, 1.54) is 21.3 Å². The number of imidazole rings is 1. The lowest BCUT2D eigenvalue weighted by atomic mass is 9.87. The van der Waals surface area contributed by atoms with Crippen LogP contribution in [0.25, 0.3) is 11.0 Å². The van der Waals surface area contributed by atoms with Crippen molar-refractivity contribution >= 4 is 16.9 Å². The molecule has 10 heteroatoms. The van der Waals surface area contributed by atoms with Crippen LogP contribution in [0.1, 0.15) is 29.2 Å². The fourth-order valence-electron chi connectivity index (χ4n) is 4.16. The van der Waals surface area contributed by atoms with Gasteiger partial charge in [0.05, 0.1) is 38.6 Å². The fourth-order valence-corrected chi connectivity index (χ4v) is 4.16. The van der Waals surface area contributed by atoms with Gasteiger partial charge in [0.1, 0.15) is 11.3 Å². The molecule has 4 aromatic rings. The van der Waals surface area contributed by atoms with Crippen molar-refractivity contribution < 1.29 is 28.5 Å². The molecular formula is C26H27N3O7. The second-order valence-corrected chi connectivity index (χ2v) is 8.04. The molecule has 1 amide bonds. The van der Waals surface area contributed by atoms with E-state index < -0.39 is 11.5 Å². The smallest absolute Gasteiger partial charge is 0.343 e. The van der Waals surface area contributed by atoms with E-state index in [-0.39, 0.29) is 29.2 Å². The Bertz CT molecular complexity index is 1390. The molecular weight excluding hydrogens is 466 g/mol. The Kier molecular flexibility index (Phi) is 7.43. The number of aromatic nitrogens is 2. The third-order valence-corrected chi connectivity index (χ3v) is 5.92. The number of carbonyl (C=O) groups excluding carboxylic acids is 1. The number of hydrogen-bond donors (Lipinski definition) is 3. The summed E-state index contributed by atoms with van der Waals surface area (Å²) >= 11 is 0. The fraction of sp³-hybridized carbons (Fsp3) is 0.269. The summed E-state index contributed by atoms with van der Waals surface area (Å²) in [6.45, 7) is 0.362.